The van der Waals surface area contributed by atoms with E-state index in [1.54, 1.807) is 0 Å². The van der Waals surface area contributed by atoms with Crippen LogP contribution in [-0.2, 0) is 0 Å². The second-order valence-corrected chi connectivity index (χ2v) is 4.12. The van der Waals surface area contributed by atoms with Crippen molar-refractivity contribution in [3.8, 4) is 0 Å². The van der Waals surface area contributed by atoms with Gasteiger partial charge in [0, 0.05) is 6.04 Å². The predicted molar refractivity (Wildman–Crippen MR) is 56.3 cm³/mol. The third-order valence-electron chi connectivity index (χ3n) is 2.56. The fourth-order valence-electron chi connectivity index (χ4n) is 1.78. The molecule has 12 heavy (non-hydrogen) atoms. The first-order valence-corrected chi connectivity index (χ1v) is 5.13. The molecule has 1 saturated heterocycles. The summed E-state index contributed by atoms with van der Waals surface area (Å²) in [7, 11) is 0. The SMILES string of the molecule is CC1CCCN1CCCC(N)=S. The number of hydrogen-bond acceptors (Lipinski definition) is 2. The van der Waals surface area contributed by atoms with Crippen molar-refractivity contribution >= 4 is 17.2 Å². The van der Waals surface area contributed by atoms with Crippen molar-refractivity contribution in [2.24, 2.45) is 5.73 Å². The van der Waals surface area contributed by atoms with Gasteiger partial charge in [-0.25, -0.2) is 0 Å². The molecule has 0 bridgehead atoms. The van der Waals surface area contributed by atoms with Crippen LogP contribution in [0.1, 0.15) is 32.6 Å². The Morgan fingerprint density at radius 2 is 2.42 bits per heavy atom. The number of likely N-dealkylation sites (tertiary alicyclic amines) is 1. The van der Waals surface area contributed by atoms with Gasteiger partial charge in [-0.1, -0.05) is 12.2 Å². The van der Waals surface area contributed by atoms with Gasteiger partial charge in [0.2, 0.25) is 0 Å². The van der Waals surface area contributed by atoms with Crippen molar-refractivity contribution in [3.63, 3.8) is 0 Å². The minimum Gasteiger partial charge on any atom is -0.393 e. The Balaban J connectivity index is 2.10. The monoisotopic (exact) mass is 186 g/mol. The van der Waals surface area contributed by atoms with Gasteiger partial charge in [-0.15, -0.1) is 0 Å². The molecule has 1 atom stereocenters. The molecular weight excluding hydrogens is 168 g/mol. The van der Waals surface area contributed by atoms with Gasteiger partial charge in [0.05, 0.1) is 4.99 Å². The summed E-state index contributed by atoms with van der Waals surface area (Å²) in [6.45, 7) is 4.73. The maximum Gasteiger partial charge on any atom is 0.0727 e. The van der Waals surface area contributed by atoms with Crippen molar-refractivity contribution in [3.05, 3.63) is 0 Å². The maximum absolute atomic E-state index is 5.42. The van der Waals surface area contributed by atoms with Crippen LogP contribution in [0.25, 0.3) is 0 Å². The molecule has 0 aliphatic carbocycles. The van der Waals surface area contributed by atoms with Gasteiger partial charge in [0.25, 0.3) is 0 Å². The Morgan fingerprint density at radius 3 is 2.92 bits per heavy atom. The molecule has 2 nitrogen and oxygen atoms in total. The molecule has 0 spiro atoms. The van der Waals surface area contributed by atoms with Crippen LogP contribution in [0, 0.1) is 0 Å². The van der Waals surface area contributed by atoms with Crippen LogP contribution in [-0.4, -0.2) is 29.0 Å². The Bertz CT molecular complexity index is 159. The van der Waals surface area contributed by atoms with Gasteiger partial charge in [-0.2, -0.15) is 0 Å². The van der Waals surface area contributed by atoms with Gasteiger partial charge in [0.15, 0.2) is 0 Å². The summed E-state index contributed by atoms with van der Waals surface area (Å²) in [5, 5.41) is 0. The highest BCUT2D eigenvalue weighted by molar-refractivity contribution is 7.80. The number of thiocarbonyl (C=S) groups is 1. The van der Waals surface area contributed by atoms with Crippen LogP contribution < -0.4 is 5.73 Å². The second-order valence-electron chi connectivity index (χ2n) is 3.60. The zero-order valence-corrected chi connectivity index (χ0v) is 8.57. The topological polar surface area (TPSA) is 29.3 Å². The lowest BCUT2D eigenvalue weighted by Gasteiger charge is -2.20. The molecule has 1 unspecified atom stereocenters. The van der Waals surface area contributed by atoms with E-state index in [0.29, 0.717) is 4.99 Å². The standard InChI is InChI=1S/C9H18N2S/c1-8-4-2-6-11(8)7-3-5-9(10)12/h8H,2-7H2,1H3,(H2,10,12). The van der Waals surface area contributed by atoms with E-state index in [-0.39, 0.29) is 0 Å². The van der Waals surface area contributed by atoms with Crippen molar-refractivity contribution in [2.45, 2.75) is 38.6 Å². The van der Waals surface area contributed by atoms with Crippen molar-refractivity contribution < 1.29 is 0 Å². The zero-order chi connectivity index (χ0) is 8.97. The molecule has 0 aromatic carbocycles. The van der Waals surface area contributed by atoms with Crippen LogP contribution in [0.15, 0.2) is 0 Å². The summed E-state index contributed by atoms with van der Waals surface area (Å²) in [4.78, 5) is 3.18. The van der Waals surface area contributed by atoms with E-state index in [4.69, 9.17) is 18.0 Å². The normalized spacial score (nSPS) is 24.6. The van der Waals surface area contributed by atoms with Crippen LogP contribution in [0.3, 0.4) is 0 Å². The summed E-state index contributed by atoms with van der Waals surface area (Å²) >= 11 is 4.82. The van der Waals surface area contributed by atoms with E-state index in [1.807, 2.05) is 0 Å². The quantitative estimate of drug-likeness (QED) is 0.675. The third-order valence-corrected chi connectivity index (χ3v) is 2.76. The van der Waals surface area contributed by atoms with E-state index in [9.17, 15) is 0 Å². The molecule has 1 aliphatic heterocycles. The lowest BCUT2D eigenvalue weighted by Crippen LogP contribution is -2.28. The minimum absolute atomic E-state index is 0.654. The number of nitrogens with two attached hydrogens (primary N) is 1. The first-order chi connectivity index (χ1) is 5.70. The molecule has 0 saturated carbocycles. The predicted octanol–water partition coefficient (Wildman–Crippen LogP) is 1.54. The molecule has 1 aliphatic rings. The minimum atomic E-state index is 0.654. The van der Waals surface area contributed by atoms with Crippen LogP contribution in [0.2, 0.25) is 0 Å². The van der Waals surface area contributed by atoms with Crippen LogP contribution in [0.5, 0.6) is 0 Å². The molecule has 1 heterocycles. The van der Waals surface area contributed by atoms with Gasteiger partial charge >= 0.3 is 0 Å². The first-order valence-electron chi connectivity index (χ1n) is 4.72. The first kappa shape index (κ1) is 9.93. The van der Waals surface area contributed by atoms with Crippen molar-refractivity contribution in [1.29, 1.82) is 0 Å². The molecule has 2 N–H and O–H groups in total. The van der Waals surface area contributed by atoms with Gasteiger partial charge in [0.1, 0.15) is 0 Å². The zero-order valence-electron chi connectivity index (χ0n) is 7.75. The van der Waals surface area contributed by atoms with Gasteiger partial charge < -0.3 is 10.6 Å². The highest BCUT2D eigenvalue weighted by Gasteiger charge is 2.18. The Labute approximate surface area is 80.1 Å². The number of nitrogens with zero attached hydrogens (tertiary/aromatic N) is 1. The van der Waals surface area contributed by atoms with Crippen molar-refractivity contribution in [2.75, 3.05) is 13.1 Å². The average molecular weight is 186 g/mol. The van der Waals surface area contributed by atoms with E-state index in [2.05, 4.69) is 11.8 Å². The Morgan fingerprint density at radius 1 is 1.67 bits per heavy atom. The molecule has 3 heteroatoms. The van der Waals surface area contributed by atoms with Gasteiger partial charge in [-0.05, 0) is 45.7 Å². The summed E-state index contributed by atoms with van der Waals surface area (Å²) in [5.41, 5.74) is 5.42. The van der Waals surface area contributed by atoms with Gasteiger partial charge in [-0.3, -0.25) is 0 Å². The van der Waals surface area contributed by atoms with Crippen LogP contribution in [0.4, 0.5) is 0 Å². The van der Waals surface area contributed by atoms with Crippen molar-refractivity contribution in [1.82, 2.24) is 4.90 Å². The fourth-order valence-corrected chi connectivity index (χ4v) is 1.93. The summed E-state index contributed by atoms with van der Waals surface area (Å²) < 4.78 is 0. The lowest BCUT2D eigenvalue weighted by molar-refractivity contribution is 0.267. The molecule has 0 amide bonds. The molecule has 1 rings (SSSR count). The fraction of sp³-hybridized carbons (Fsp3) is 0.889. The summed E-state index contributed by atoms with van der Waals surface area (Å²) in [6, 6.07) is 0.774. The molecule has 0 radical (unpaired) electrons. The highest BCUT2D eigenvalue weighted by atomic mass is 32.1. The average Bonchev–Trinajstić information content (AvgIpc) is 2.36. The van der Waals surface area contributed by atoms with Crippen LogP contribution >= 0.6 is 12.2 Å². The number of rotatable bonds is 4. The lowest BCUT2D eigenvalue weighted by atomic mass is 10.2. The summed E-state index contributed by atoms with van der Waals surface area (Å²) in [6.07, 6.45) is 4.74. The smallest absolute Gasteiger partial charge is 0.0727 e. The highest BCUT2D eigenvalue weighted by Crippen LogP contribution is 2.16. The van der Waals surface area contributed by atoms with E-state index < -0.39 is 0 Å². The van der Waals surface area contributed by atoms with E-state index in [0.717, 1.165) is 18.9 Å². The van der Waals surface area contributed by atoms with E-state index >= 15 is 0 Å². The molecular formula is C9H18N2S. The maximum atomic E-state index is 5.42. The molecule has 70 valence electrons. The van der Waals surface area contributed by atoms with E-state index in [1.165, 1.54) is 25.9 Å². The Hall–Kier alpha value is -0.150. The molecule has 0 aromatic heterocycles. The largest absolute Gasteiger partial charge is 0.393 e. The number of hydrogen-bond donors (Lipinski definition) is 1. The molecule has 1 fully saturated rings. The third kappa shape index (κ3) is 3.07. The Kier molecular flexibility index (Phi) is 3.95. The summed E-state index contributed by atoms with van der Waals surface area (Å²) in [5.74, 6) is 0. The molecule has 0 aromatic rings. The second kappa shape index (κ2) is 4.77.